The number of aromatic nitrogens is 3. The summed E-state index contributed by atoms with van der Waals surface area (Å²) in [5.74, 6) is -3.54. The first-order chi connectivity index (χ1) is 49.1. The zero-order chi connectivity index (χ0) is 78.1. The number of rotatable bonds is 31. The van der Waals surface area contributed by atoms with Crippen LogP contribution in [0, 0.1) is 0 Å². The number of allylic oxidation sites excluding steroid dienone is 6. The zero-order valence-electron chi connectivity index (χ0n) is 56.4. The summed E-state index contributed by atoms with van der Waals surface area (Å²) < 4.78 is 238. The van der Waals surface area contributed by atoms with Crippen LogP contribution in [0.5, 0.6) is 0 Å². The molecule has 5 aromatic carbocycles. The molecule has 2 aliphatic rings. The molecular weight excluding hydrogens is 1550 g/mol. The summed E-state index contributed by atoms with van der Waals surface area (Å²) in [6.07, 6.45) is 8.18. The molecule has 0 aliphatic carbocycles. The summed E-state index contributed by atoms with van der Waals surface area (Å²) in [6, 6.07) is 17.8. The van der Waals surface area contributed by atoms with Gasteiger partial charge in [-0.05, 0) is 128 Å². The molecule has 2 aliphatic heterocycles. The molecule has 42 heteroatoms. The van der Waals surface area contributed by atoms with E-state index in [0.717, 1.165) is 12.1 Å². The van der Waals surface area contributed by atoms with Crippen molar-refractivity contribution in [1.82, 2.24) is 31.1 Å². The second kappa shape index (κ2) is 31.2. The molecule has 568 valence electrons. The lowest BCUT2D eigenvalue weighted by Gasteiger charge is -2.27. The summed E-state index contributed by atoms with van der Waals surface area (Å²) in [6.45, 7) is 6.35. The lowest BCUT2D eigenvalue weighted by molar-refractivity contribution is -0.437. The first kappa shape index (κ1) is 81.3. The number of hydrogen-bond acceptors (Lipinski definition) is 24. The third kappa shape index (κ3) is 19.5. The number of hydrogen-bond donors (Lipinski definition) is 10. The fourth-order valence-electron chi connectivity index (χ4n) is 12.5. The van der Waals surface area contributed by atoms with Crippen molar-refractivity contribution < 1.29 is 110 Å². The van der Waals surface area contributed by atoms with E-state index in [9.17, 15) is 105 Å². The van der Waals surface area contributed by atoms with E-state index in [1.807, 2.05) is 0 Å². The Hall–Kier alpha value is -8.73. The van der Waals surface area contributed by atoms with Crippen LogP contribution >= 0.6 is 11.3 Å². The number of anilines is 2. The number of fused-ring (bicyclic) bond motifs is 6. The predicted molar refractivity (Wildman–Crippen MR) is 386 cm³/mol. The highest BCUT2D eigenvalue weighted by molar-refractivity contribution is 7.91. The number of primary sulfonamides is 1. The highest BCUT2D eigenvalue weighted by Gasteiger charge is 2.47. The van der Waals surface area contributed by atoms with Crippen LogP contribution in [0.1, 0.15) is 116 Å². The first-order valence-corrected chi connectivity index (χ1v) is 43.0. The van der Waals surface area contributed by atoms with Gasteiger partial charge in [-0.3, -0.25) is 46.9 Å². The van der Waals surface area contributed by atoms with Crippen molar-refractivity contribution in [3.8, 4) is 0 Å². The number of pyridine rings is 1. The number of unbranched alkanes of at least 4 members (excludes halogenated alkanes) is 2. The highest BCUT2D eigenvalue weighted by atomic mass is 32.3. The van der Waals surface area contributed by atoms with E-state index in [-0.39, 0.29) is 136 Å². The van der Waals surface area contributed by atoms with E-state index < -0.39 is 135 Å². The number of nitrogens with two attached hydrogens (primary N) is 1. The fourth-order valence-corrected chi connectivity index (χ4v) is 17.5. The van der Waals surface area contributed by atoms with Gasteiger partial charge in [-0.15, -0.1) is 10.2 Å². The van der Waals surface area contributed by atoms with Gasteiger partial charge in [0.2, 0.25) is 27.0 Å². The van der Waals surface area contributed by atoms with Crippen LogP contribution in [0.25, 0.3) is 27.1 Å². The molecule has 106 heavy (non-hydrogen) atoms. The zero-order valence-corrected chi connectivity index (χ0v) is 63.0. The summed E-state index contributed by atoms with van der Waals surface area (Å²) in [7, 11) is -34.2. The maximum atomic E-state index is 13.7. The number of carbonyl (C=O) groups excluding carboxylic acids is 4. The first-order valence-electron chi connectivity index (χ1n) is 31.7. The topological polar surface area (TPSA) is 551 Å². The maximum absolute atomic E-state index is 13.7. The molecular formula is C64H70N10O24S8. The molecule has 0 saturated heterocycles. The van der Waals surface area contributed by atoms with Gasteiger partial charge >= 0.3 is 0 Å². The van der Waals surface area contributed by atoms with Crippen LogP contribution in [0.3, 0.4) is 0 Å². The molecule has 11 N–H and O–H groups in total. The molecule has 34 nitrogen and oxygen atoms in total. The van der Waals surface area contributed by atoms with Gasteiger partial charge in [0.25, 0.3) is 72.4 Å². The van der Waals surface area contributed by atoms with Gasteiger partial charge in [0.1, 0.15) is 16.3 Å². The highest BCUT2D eigenvalue weighted by Crippen LogP contribution is 2.52. The number of benzene rings is 5. The molecule has 0 bridgehead atoms. The fraction of sp³-hybridized carbons (Fsp3) is 0.312. The average molecular weight is 1620 g/mol. The molecule has 0 saturated carbocycles. The number of carbonyl (C=O) groups is 4. The van der Waals surface area contributed by atoms with Crippen molar-refractivity contribution in [3.05, 3.63) is 155 Å². The Morgan fingerprint density at radius 1 is 0.623 bits per heavy atom. The Kier molecular flexibility index (Phi) is 24.0. The van der Waals surface area contributed by atoms with Crippen molar-refractivity contribution in [2.75, 3.05) is 47.9 Å². The SMILES string of the molecule is CC1(C)C(/C=C/C(=C/C=C2/N(CCCS(=O)(=O)O)c3ccc4c(S(=O)(=O)O)cc(S(=O)(=O)O)cc4c3C2(C)C)c2ccc(C(=O)NCCCCCC(=O)NCc3cccc(C(=O)NCCC(=O)Nc4nnc(S(N)(=O)=O)s4)c3)cn2)=[N+](CCCS(=O)(=O)[O-])c2ccc3c(S(=O)(=O)O)cc(S(=O)(=O)O)cc3c21. The largest absolute Gasteiger partial charge is 0.748 e. The third-order valence-electron chi connectivity index (χ3n) is 17.2. The van der Waals surface area contributed by atoms with E-state index in [2.05, 4.69) is 36.4 Å². The van der Waals surface area contributed by atoms with Gasteiger partial charge in [0, 0.05) is 114 Å². The van der Waals surface area contributed by atoms with Crippen LogP contribution in [-0.2, 0) is 97.7 Å². The van der Waals surface area contributed by atoms with E-state index in [4.69, 9.17) is 5.14 Å². The smallest absolute Gasteiger partial charge is 0.295 e. The van der Waals surface area contributed by atoms with E-state index in [0.29, 0.717) is 59.7 Å². The predicted octanol–water partition coefficient (Wildman–Crippen LogP) is 5.15. The Labute approximate surface area is 613 Å². The van der Waals surface area contributed by atoms with E-state index >= 15 is 0 Å². The third-order valence-corrected chi connectivity index (χ3v) is 24.4. The van der Waals surface area contributed by atoms with Crippen molar-refractivity contribution in [3.63, 3.8) is 0 Å². The lowest BCUT2D eigenvalue weighted by Crippen LogP contribution is -2.28. The molecule has 0 fully saturated rings. The van der Waals surface area contributed by atoms with Gasteiger partial charge in [-0.1, -0.05) is 55.9 Å². The molecule has 0 radical (unpaired) electrons. The molecule has 0 unspecified atom stereocenters. The Bertz CT molecular complexity index is 5750. The second-order valence-corrected chi connectivity index (χ2v) is 36.9. The summed E-state index contributed by atoms with van der Waals surface area (Å²) in [4.78, 5) is 54.5. The molecule has 2 aromatic heterocycles. The van der Waals surface area contributed by atoms with Crippen molar-refractivity contribution >= 4 is 155 Å². The van der Waals surface area contributed by atoms with Gasteiger partial charge in [-0.2, -0.15) is 46.7 Å². The maximum Gasteiger partial charge on any atom is 0.295 e. The van der Waals surface area contributed by atoms with Gasteiger partial charge < -0.3 is 30.7 Å². The standard InChI is InChI=1S/C64H70N10O24S8/c1-63(2)53(73(27-9-29-100(79,80)81)49-20-17-44-46(57(49)63)32-42(103(87,88)89)34-51(44)105(93,94)95)22-15-39(16-23-54-64(3,4)58-47-33-43(104(90,91)92)35-52(106(96,97)98)45(47)18-21-50(58)74(54)28-10-30-101(82,83)84)48-19-14-41(37-68-48)60(78)66-25-7-5-6-13-55(75)69-36-38-11-8-12-40(31-38)59(77)67-26-24-56(76)70-61-71-72-62(99-61)102(65,85)86/h8,11-12,14-23,31-35,37H,5-7,9-10,13,24-30,36H2,1-4H3,(H11-,65,66,67,69,70,71,75,76,77,78,79,80,81,82,83,84,85,86,87,88,89,90,91,92,93,94,95,96,97,98). The van der Waals surface area contributed by atoms with Crippen LogP contribution in [0.15, 0.2) is 145 Å². The number of amides is 4. The number of sulfonamides is 1. The minimum absolute atomic E-state index is 0.0726. The quantitative estimate of drug-likeness (QED) is 0.00883. The second-order valence-electron chi connectivity index (χ2n) is 25.5. The van der Waals surface area contributed by atoms with Gasteiger partial charge in [0.05, 0.1) is 42.3 Å². The van der Waals surface area contributed by atoms with Gasteiger partial charge in [-0.25, -0.2) is 22.0 Å². The Balaban J connectivity index is 0.983. The minimum atomic E-state index is -5.20. The molecule has 9 rings (SSSR count). The van der Waals surface area contributed by atoms with Crippen molar-refractivity contribution in [1.29, 1.82) is 0 Å². The Morgan fingerprint density at radius 2 is 1.25 bits per heavy atom. The molecule has 0 spiro atoms. The number of nitrogens with one attached hydrogen (secondary N) is 4. The van der Waals surface area contributed by atoms with Crippen molar-refractivity contribution in [2.24, 2.45) is 5.14 Å². The van der Waals surface area contributed by atoms with Crippen LogP contribution in [0.2, 0.25) is 0 Å². The molecule has 4 heterocycles. The molecule has 4 amide bonds. The van der Waals surface area contributed by atoms with Crippen LogP contribution < -0.4 is 31.3 Å². The van der Waals surface area contributed by atoms with Crippen molar-refractivity contribution in [2.45, 2.75) is 114 Å². The average Bonchev–Trinajstić information content (AvgIpc) is 1.54. The Morgan fingerprint density at radius 3 is 1.83 bits per heavy atom. The minimum Gasteiger partial charge on any atom is -0.748 e. The van der Waals surface area contributed by atoms with Gasteiger partial charge in [0.15, 0.2) is 5.71 Å². The molecule has 7 aromatic rings. The van der Waals surface area contributed by atoms with E-state index in [1.54, 1.807) is 67.5 Å². The van der Waals surface area contributed by atoms with E-state index in [1.165, 1.54) is 60.8 Å². The normalized spacial score (nSPS) is 15.3. The summed E-state index contributed by atoms with van der Waals surface area (Å²) in [5, 5.41) is 21.9. The molecule has 0 atom stereocenters. The summed E-state index contributed by atoms with van der Waals surface area (Å²) in [5.41, 5.74) is 0.0761. The summed E-state index contributed by atoms with van der Waals surface area (Å²) >= 11 is 0.559. The monoisotopic (exact) mass is 1620 g/mol. The van der Waals surface area contributed by atoms with Crippen LogP contribution in [0.4, 0.5) is 16.5 Å². The van der Waals surface area contributed by atoms with Crippen LogP contribution in [-0.4, -0.2) is 173 Å². The lowest BCUT2D eigenvalue weighted by atomic mass is 9.79. The number of nitrogens with zero attached hydrogens (tertiary/aromatic N) is 5.